The fourth-order valence-electron chi connectivity index (χ4n) is 2.65. The highest BCUT2D eigenvalue weighted by Crippen LogP contribution is 2.24. The van der Waals surface area contributed by atoms with Gasteiger partial charge in [0.1, 0.15) is 0 Å². The van der Waals surface area contributed by atoms with E-state index in [9.17, 15) is 0 Å². The summed E-state index contributed by atoms with van der Waals surface area (Å²) in [7, 11) is 0. The van der Waals surface area contributed by atoms with Gasteiger partial charge in [-0.15, -0.1) is 10.2 Å². The minimum atomic E-state index is 0.529. The molecule has 0 unspecified atom stereocenters. The number of aryl methyl sites for hydroxylation is 4. The van der Waals surface area contributed by atoms with Crippen molar-refractivity contribution in [2.24, 2.45) is 0 Å². The van der Waals surface area contributed by atoms with E-state index in [4.69, 9.17) is 4.42 Å². The van der Waals surface area contributed by atoms with Crippen LogP contribution in [0.5, 0.6) is 0 Å². The Morgan fingerprint density at radius 1 is 0.920 bits per heavy atom. The van der Waals surface area contributed by atoms with E-state index in [2.05, 4.69) is 79.6 Å². The minimum Gasteiger partial charge on any atom is -0.414 e. The molecule has 0 bridgehead atoms. The first kappa shape index (κ1) is 17.5. The van der Waals surface area contributed by atoms with Crippen molar-refractivity contribution in [3.05, 3.63) is 70.1 Å². The van der Waals surface area contributed by atoms with Crippen molar-refractivity contribution < 1.29 is 4.42 Å². The Bertz CT molecular complexity index is 873. The summed E-state index contributed by atoms with van der Waals surface area (Å²) in [6.45, 7) is 8.95. The maximum absolute atomic E-state index is 5.74. The third-order valence-electron chi connectivity index (χ3n) is 4.12. The van der Waals surface area contributed by atoms with Crippen LogP contribution in [0.4, 0.5) is 5.69 Å². The van der Waals surface area contributed by atoms with E-state index in [0.29, 0.717) is 17.7 Å². The molecule has 0 atom stereocenters. The van der Waals surface area contributed by atoms with Gasteiger partial charge in [-0.3, -0.25) is 0 Å². The zero-order valence-electron chi connectivity index (χ0n) is 15.1. The molecule has 1 N–H and O–H groups in total. The number of benzene rings is 2. The van der Waals surface area contributed by atoms with E-state index in [1.54, 1.807) is 11.8 Å². The van der Waals surface area contributed by atoms with E-state index in [1.807, 2.05) is 0 Å². The molecule has 5 heteroatoms. The molecule has 0 fully saturated rings. The van der Waals surface area contributed by atoms with E-state index >= 15 is 0 Å². The summed E-state index contributed by atoms with van der Waals surface area (Å²) in [5.41, 5.74) is 7.42. The Morgan fingerprint density at radius 2 is 1.68 bits per heavy atom. The van der Waals surface area contributed by atoms with Gasteiger partial charge in [-0.25, -0.2) is 0 Å². The number of nitrogens with zero attached hydrogens (tertiary/aromatic N) is 2. The molecule has 0 radical (unpaired) electrons. The summed E-state index contributed by atoms with van der Waals surface area (Å²) in [5, 5.41) is 12.2. The predicted octanol–water partition coefficient (Wildman–Crippen LogP) is 5.21. The standard InChI is InChI=1S/C20H23N3OS/c1-13-6-8-18(16(4)9-13)21-11-19-22-23-20(24-19)25-12-17-10-14(2)5-7-15(17)3/h5-10,21H,11-12H2,1-4H3. The molecule has 0 spiro atoms. The second-order valence-corrected chi connectivity index (χ2v) is 7.28. The number of rotatable bonds is 6. The monoisotopic (exact) mass is 353 g/mol. The molecule has 4 nitrogen and oxygen atoms in total. The molecule has 25 heavy (non-hydrogen) atoms. The van der Waals surface area contributed by atoms with E-state index in [-0.39, 0.29) is 0 Å². The molecule has 0 saturated heterocycles. The summed E-state index contributed by atoms with van der Waals surface area (Å²) < 4.78 is 5.74. The smallest absolute Gasteiger partial charge is 0.276 e. The average Bonchev–Trinajstić information content (AvgIpc) is 3.03. The topological polar surface area (TPSA) is 51.0 Å². The Hall–Kier alpha value is -2.27. The molecule has 0 aliphatic rings. The molecule has 0 aliphatic carbocycles. The number of anilines is 1. The maximum Gasteiger partial charge on any atom is 0.276 e. The van der Waals surface area contributed by atoms with Gasteiger partial charge < -0.3 is 9.73 Å². The van der Waals surface area contributed by atoms with Crippen LogP contribution < -0.4 is 5.32 Å². The van der Waals surface area contributed by atoms with Crippen LogP contribution in [0, 0.1) is 27.7 Å². The van der Waals surface area contributed by atoms with Crippen molar-refractivity contribution in [2.75, 3.05) is 5.32 Å². The van der Waals surface area contributed by atoms with E-state index in [1.165, 1.54) is 27.8 Å². The zero-order chi connectivity index (χ0) is 17.8. The first-order chi connectivity index (χ1) is 12.0. The minimum absolute atomic E-state index is 0.529. The second-order valence-electron chi connectivity index (χ2n) is 6.35. The molecule has 1 heterocycles. The number of hydrogen-bond acceptors (Lipinski definition) is 5. The molecular weight excluding hydrogens is 330 g/mol. The molecule has 0 amide bonds. The van der Waals surface area contributed by atoms with E-state index in [0.717, 1.165) is 11.4 Å². The summed E-state index contributed by atoms with van der Waals surface area (Å²) in [6.07, 6.45) is 0. The van der Waals surface area contributed by atoms with Gasteiger partial charge in [-0.2, -0.15) is 0 Å². The Balaban J connectivity index is 1.58. The molecule has 3 aromatic rings. The molecular formula is C20H23N3OS. The van der Waals surface area contributed by atoms with Crippen LogP contribution >= 0.6 is 11.8 Å². The van der Waals surface area contributed by atoms with Gasteiger partial charge in [0, 0.05) is 11.4 Å². The van der Waals surface area contributed by atoms with Gasteiger partial charge >= 0.3 is 0 Å². The maximum atomic E-state index is 5.74. The van der Waals surface area contributed by atoms with Crippen molar-refractivity contribution in [1.29, 1.82) is 0 Å². The van der Waals surface area contributed by atoms with Gasteiger partial charge in [0.25, 0.3) is 5.22 Å². The first-order valence-electron chi connectivity index (χ1n) is 8.33. The Labute approximate surface area is 153 Å². The lowest BCUT2D eigenvalue weighted by Crippen LogP contribution is -2.01. The number of nitrogens with one attached hydrogen (secondary N) is 1. The van der Waals surface area contributed by atoms with Gasteiger partial charge in [-0.1, -0.05) is 53.2 Å². The predicted molar refractivity (Wildman–Crippen MR) is 103 cm³/mol. The van der Waals surface area contributed by atoms with Gasteiger partial charge in [0.05, 0.1) is 6.54 Å². The van der Waals surface area contributed by atoms with Crippen LogP contribution in [-0.2, 0) is 12.3 Å². The van der Waals surface area contributed by atoms with Crippen molar-refractivity contribution in [3.63, 3.8) is 0 Å². The first-order valence-corrected chi connectivity index (χ1v) is 9.32. The number of aromatic nitrogens is 2. The summed E-state index contributed by atoms with van der Waals surface area (Å²) in [6, 6.07) is 12.8. The highest BCUT2D eigenvalue weighted by Gasteiger charge is 2.09. The van der Waals surface area contributed by atoms with Gasteiger partial charge in [-0.05, 0) is 50.5 Å². The second kappa shape index (κ2) is 7.74. The normalized spacial score (nSPS) is 10.9. The SMILES string of the molecule is Cc1ccc(NCc2nnc(SCc3cc(C)ccc3C)o2)c(C)c1. The average molecular weight is 353 g/mol. The lowest BCUT2D eigenvalue weighted by atomic mass is 10.1. The van der Waals surface area contributed by atoms with Crippen molar-refractivity contribution in [2.45, 2.75) is 45.2 Å². The third kappa shape index (κ3) is 4.63. The third-order valence-corrected chi connectivity index (χ3v) is 4.98. The van der Waals surface area contributed by atoms with Crippen LogP contribution in [-0.4, -0.2) is 10.2 Å². The fourth-order valence-corrected chi connectivity index (χ4v) is 3.49. The van der Waals surface area contributed by atoms with Crippen molar-refractivity contribution in [3.8, 4) is 0 Å². The molecule has 130 valence electrons. The largest absolute Gasteiger partial charge is 0.414 e. The Morgan fingerprint density at radius 3 is 2.48 bits per heavy atom. The van der Waals surface area contributed by atoms with Gasteiger partial charge in [0.2, 0.25) is 5.89 Å². The number of hydrogen-bond donors (Lipinski definition) is 1. The molecule has 1 aromatic heterocycles. The highest BCUT2D eigenvalue weighted by molar-refractivity contribution is 7.98. The fraction of sp³-hybridized carbons (Fsp3) is 0.300. The zero-order valence-corrected chi connectivity index (χ0v) is 15.9. The van der Waals surface area contributed by atoms with E-state index < -0.39 is 0 Å². The molecule has 0 aliphatic heterocycles. The van der Waals surface area contributed by atoms with Crippen LogP contribution in [0.3, 0.4) is 0 Å². The highest BCUT2D eigenvalue weighted by atomic mass is 32.2. The molecule has 2 aromatic carbocycles. The van der Waals surface area contributed by atoms with Crippen LogP contribution in [0.2, 0.25) is 0 Å². The summed E-state index contributed by atoms with van der Waals surface area (Å²) in [5.74, 6) is 1.43. The van der Waals surface area contributed by atoms with Gasteiger partial charge in [0.15, 0.2) is 0 Å². The van der Waals surface area contributed by atoms with Crippen LogP contribution in [0.25, 0.3) is 0 Å². The van der Waals surface area contributed by atoms with Crippen molar-refractivity contribution >= 4 is 17.4 Å². The quantitative estimate of drug-likeness (QED) is 0.617. The Kier molecular flexibility index (Phi) is 5.43. The molecule has 3 rings (SSSR count). The number of thioether (sulfide) groups is 1. The lowest BCUT2D eigenvalue weighted by molar-refractivity contribution is 0.418. The van der Waals surface area contributed by atoms with Crippen LogP contribution in [0.15, 0.2) is 46.0 Å². The van der Waals surface area contributed by atoms with Crippen LogP contribution in [0.1, 0.15) is 33.7 Å². The summed E-state index contributed by atoms with van der Waals surface area (Å²) in [4.78, 5) is 0. The van der Waals surface area contributed by atoms with Crippen molar-refractivity contribution in [1.82, 2.24) is 10.2 Å². The lowest BCUT2D eigenvalue weighted by Gasteiger charge is -2.08. The molecule has 0 saturated carbocycles. The summed E-state index contributed by atoms with van der Waals surface area (Å²) >= 11 is 1.58.